The van der Waals surface area contributed by atoms with Crippen molar-refractivity contribution in [1.29, 1.82) is 0 Å². The number of epoxide rings is 1. The monoisotopic (exact) mass is 246 g/mol. The SMILES string of the molecule is C1=CC2OC2(c2ccccc2)C=C1c1ccccc1. The smallest absolute Gasteiger partial charge is 0.143 e. The Hall–Kier alpha value is -2.12. The number of fused-ring (bicyclic) bond motifs is 1. The lowest BCUT2D eigenvalue weighted by Gasteiger charge is -2.14. The molecule has 2 aromatic carbocycles. The molecule has 1 nitrogen and oxygen atoms in total. The molecule has 0 amide bonds. The van der Waals surface area contributed by atoms with Gasteiger partial charge in [0.15, 0.2) is 0 Å². The lowest BCUT2D eigenvalue weighted by molar-refractivity contribution is 0.346. The minimum absolute atomic E-state index is 0.197. The Bertz CT molecular complexity index is 655. The van der Waals surface area contributed by atoms with Gasteiger partial charge in [0.05, 0.1) is 0 Å². The van der Waals surface area contributed by atoms with Crippen molar-refractivity contribution in [2.75, 3.05) is 0 Å². The van der Waals surface area contributed by atoms with Crippen LogP contribution in [0.15, 0.2) is 78.9 Å². The lowest BCUT2D eigenvalue weighted by Crippen LogP contribution is -2.11. The van der Waals surface area contributed by atoms with Crippen LogP contribution in [0.3, 0.4) is 0 Å². The lowest BCUT2D eigenvalue weighted by atomic mass is 9.87. The van der Waals surface area contributed by atoms with Crippen LogP contribution in [0.25, 0.3) is 5.57 Å². The van der Waals surface area contributed by atoms with Crippen LogP contribution in [-0.4, -0.2) is 6.10 Å². The summed E-state index contributed by atoms with van der Waals surface area (Å²) in [4.78, 5) is 0. The van der Waals surface area contributed by atoms with E-state index in [1.54, 1.807) is 0 Å². The molecule has 1 aliphatic heterocycles. The minimum atomic E-state index is -0.235. The van der Waals surface area contributed by atoms with E-state index in [0.717, 1.165) is 0 Å². The van der Waals surface area contributed by atoms with Crippen molar-refractivity contribution in [2.45, 2.75) is 11.7 Å². The predicted molar refractivity (Wildman–Crippen MR) is 76.6 cm³/mol. The topological polar surface area (TPSA) is 12.5 Å². The van der Waals surface area contributed by atoms with Crippen molar-refractivity contribution >= 4 is 5.57 Å². The van der Waals surface area contributed by atoms with Crippen LogP contribution in [0.1, 0.15) is 11.1 Å². The van der Waals surface area contributed by atoms with Gasteiger partial charge in [-0.1, -0.05) is 72.8 Å². The summed E-state index contributed by atoms with van der Waals surface area (Å²) in [6.07, 6.45) is 6.77. The molecule has 19 heavy (non-hydrogen) atoms. The first-order valence-corrected chi connectivity index (χ1v) is 6.58. The minimum Gasteiger partial charge on any atom is -0.352 e. The summed E-state index contributed by atoms with van der Waals surface area (Å²) in [6, 6.07) is 20.9. The Morgan fingerprint density at radius 1 is 0.842 bits per heavy atom. The summed E-state index contributed by atoms with van der Waals surface area (Å²) in [6.45, 7) is 0. The molecule has 0 bridgehead atoms. The average Bonchev–Trinajstić information content (AvgIpc) is 3.24. The van der Waals surface area contributed by atoms with E-state index in [1.807, 2.05) is 12.1 Å². The first-order valence-electron chi connectivity index (χ1n) is 6.58. The molecule has 92 valence electrons. The molecule has 2 aromatic rings. The molecule has 0 saturated carbocycles. The highest BCUT2D eigenvalue weighted by Crippen LogP contribution is 2.52. The summed E-state index contributed by atoms with van der Waals surface area (Å²) < 4.78 is 5.94. The van der Waals surface area contributed by atoms with Gasteiger partial charge in [0.25, 0.3) is 0 Å². The number of benzene rings is 2. The molecule has 4 rings (SSSR count). The Morgan fingerprint density at radius 2 is 1.53 bits per heavy atom. The quantitative estimate of drug-likeness (QED) is 0.731. The standard InChI is InChI=1S/C18H14O/c1-3-7-14(8-4-1)15-11-12-17-18(13-15,19-17)16-9-5-2-6-10-16/h1-13,17H. The number of hydrogen-bond acceptors (Lipinski definition) is 1. The van der Waals surface area contributed by atoms with Gasteiger partial charge in [-0.3, -0.25) is 0 Å². The fraction of sp³-hybridized carbons (Fsp3) is 0.111. The van der Waals surface area contributed by atoms with E-state index in [-0.39, 0.29) is 11.7 Å². The maximum absolute atomic E-state index is 5.94. The molecular weight excluding hydrogens is 232 g/mol. The van der Waals surface area contributed by atoms with Gasteiger partial charge in [-0.25, -0.2) is 0 Å². The van der Waals surface area contributed by atoms with Crippen LogP contribution < -0.4 is 0 Å². The molecule has 0 N–H and O–H groups in total. The molecule has 1 heteroatoms. The van der Waals surface area contributed by atoms with Crippen LogP contribution in [0.2, 0.25) is 0 Å². The van der Waals surface area contributed by atoms with Crippen molar-refractivity contribution < 1.29 is 4.74 Å². The van der Waals surface area contributed by atoms with Gasteiger partial charge >= 0.3 is 0 Å². The molecular formula is C18H14O. The summed E-state index contributed by atoms with van der Waals surface area (Å²) in [5.74, 6) is 0. The van der Waals surface area contributed by atoms with Crippen molar-refractivity contribution in [2.24, 2.45) is 0 Å². The molecule has 2 atom stereocenters. The summed E-state index contributed by atoms with van der Waals surface area (Å²) in [5, 5.41) is 0. The maximum Gasteiger partial charge on any atom is 0.143 e. The Labute approximate surface area is 112 Å². The van der Waals surface area contributed by atoms with Gasteiger partial charge in [-0.2, -0.15) is 0 Å². The fourth-order valence-electron chi connectivity index (χ4n) is 2.77. The zero-order valence-corrected chi connectivity index (χ0v) is 10.5. The maximum atomic E-state index is 5.94. The highest BCUT2D eigenvalue weighted by molar-refractivity contribution is 5.78. The summed E-state index contributed by atoms with van der Waals surface area (Å²) in [5.41, 5.74) is 3.47. The third-order valence-corrected chi connectivity index (χ3v) is 3.84. The highest BCUT2D eigenvalue weighted by atomic mass is 16.6. The van der Waals surface area contributed by atoms with Gasteiger partial charge in [0.1, 0.15) is 11.7 Å². The van der Waals surface area contributed by atoms with Gasteiger partial charge in [-0.05, 0) is 22.8 Å². The third kappa shape index (κ3) is 1.66. The molecule has 0 aromatic heterocycles. The van der Waals surface area contributed by atoms with Crippen LogP contribution in [0, 0.1) is 0 Å². The van der Waals surface area contributed by atoms with E-state index in [1.165, 1.54) is 16.7 Å². The van der Waals surface area contributed by atoms with Gasteiger partial charge in [0, 0.05) is 0 Å². The molecule has 1 aliphatic carbocycles. The van der Waals surface area contributed by atoms with Gasteiger partial charge in [0.2, 0.25) is 0 Å². The van der Waals surface area contributed by atoms with Crippen LogP contribution in [-0.2, 0) is 10.3 Å². The molecule has 2 unspecified atom stereocenters. The van der Waals surface area contributed by atoms with E-state index < -0.39 is 0 Å². The molecule has 2 aliphatic rings. The van der Waals surface area contributed by atoms with Gasteiger partial charge < -0.3 is 4.74 Å². The second-order valence-corrected chi connectivity index (χ2v) is 5.02. The molecule has 1 saturated heterocycles. The number of hydrogen-bond donors (Lipinski definition) is 0. The summed E-state index contributed by atoms with van der Waals surface area (Å²) in [7, 11) is 0. The Balaban J connectivity index is 1.78. The van der Waals surface area contributed by atoms with Crippen molar-refractivity contribution in [1.82, 2.24) is 0 Å². The van der Waals surface area contributed by atoms with Crippen LogP contribution in [0.5, 0.6) is 0 Å². The first kappa shape index (κ1) is 10.8. The normalized spacial score (nSPS) is 27.6. The van der Waals surface area contributed by atoms with Crippen molar-refractivity contribution in [3.8, 4) is 0 Å². The Kier molecular flexibility index (Phi) is 2.23. The van der Waals surface area contributed by atoms with E-state index in [2.05, 4.69) is 66.8 Å². The second-order valence-electron chi connectivity index (χ2n) is 5.02. The zero-order valence-electron chi connectivity index (χ0n) is 10.5. The molecule has 1 fully saturated rings. The summed E-state index contributed by atoms with van der Waals surface area (Å²) >= 11 is 0. The molecule has 1 heterocycles. The Morgan fingerprint density at radius 3 is 2.26 bits per heavy atom. The van der Waals surface area contributed by atoms with Crippen LogP contribution >= 0.6 is 0 Å². The number of allylic oxidation sites excluding steroid dienone is 2. The highest BCUT2D eigenvalue weighted by Gasteiger charge is 2.56. The third-order valence-electron chi connectivity index (χ3n) is 3.84. The largest absolute Gasteiger partial charge is 0.352 e. The zero-order chi connectivity index (χ0) is 12.7. The molecule has 0 spiro atoms. The number of rotatable bonds is 2. The van der Waals surface area contributed by atoms with E-state index >= 15 is 0 Å². The van der Waals surface area contributed by atoms with Crippen molar-refractivity contribution in [3.05, 3.63) is 90.0 Å². The molecule has 0 radical (unpaired) electrons. The average molecular weight is 246 g/mol. The van der Waals surface area contributed by atoms with Crippen LogP contribution in [0.4, 0.5) is 0 Å². The fourth-order valence-corrected chi connectivity index (χ4v) is 2.77. The van der Waals surface area contributed by atoms with Gasteiger partial charge in [-0.15, -0.1) is 0 Å². The first-order chi connectivity index (χ1) is 9.38. The second kappa shape index (κ2) is 3.94. The van der Waals surface area contributed by atoms with Crippen molar-refractivity contribution in [3.63, 3.8) is 0 Å². The number of ether oxygens (including phenoxy) is 1. The van der Waals surface area contributed by atoms with E-state index in [0.29, 0.717) is 0 Å². The van der Waals surface area contributed by atoms with E-state index in [9.17, 15) is 0 Å². The van der Waals surface area contributed by atoms with E-state index in [4.69, 9.17) is 4.74 Å². The predicted octanol–water partition coefficient (Wildman–Crippen LogP) is 3.93.